The molecule has 0 bridgehead atoms. The van der Waals surface area contributed by atoms with Gasteiger partial charge in [0.15, 0.2) is 9.84 Å². The van der Waals surface area contributed by atoms with Crippen LogP contribution in [0.3, 0.4) is 0 Å². The van der Waals surface area contributed by atoms with Crippen molar-refractivity contribution in [3.05, 3.63) is 83.6 Å². The summed E-state index contributed by atoms with van der Waals surface area (Å²) in [6.45, 7) is 2.28. The molecule has 1 N–H and O–H groups in total. The van der Waals surface area contributed by atoms with E-state index in [1.807, 2.05) is 4.90 Å². The van der Waals surface area contributed by atoms with Crippen LogP contribution in [0.1, 0.15) is 36.8 Å². The van der Waals surface area contributed by atoms with Crippen LogP contribution >= 0.6 is 0 Å². The molecule has 0 radical (unpaired) electrons. The van der Waals surface area contributed by atoms with Crippen molar-refractivity contribution in [3.8, 4) is 0 Å². The number of pyridine rings is 1. The average molecular weight is 646 g/mol. The molecular weight excluding hydrogens is 617 g/mol. The van der Waals surface area contributed by atoms with Gasteiger partial charge in [-0.15, -0.1) is 0 Å². The first-order chi connectivity index (χ1) is 20.2. The predicted octanol–water partition coefficient (Wildman–Crippen LogP) is 4.81. The lowest BCUT2D eigenvalue weighted by Gasteiger charge is -2.40. The number of anilines is 1. The molecule has 1 aromatic heterocycles. The summed E-state index contributed by atoms with van der Waals surface area (Å²) in [6.07, 6.45) is -4.28. The van der Waals surface area contributed by atoms with Gasteiger partial charge in [0, 0.05) is 30.9 Å². The number of halogens is 5. The minimum absolute atomic E-state index is 0.0751. The second-order valence-corrected chi connectivity index (χ2v) is 14.5. The molecule has 5 rings (SSSR count). The normalized spacial score (nSPS) is 22.0. The zero-order valence-corrected chi connectivity index (χ0v) is 24.3. The Morgan fingerprint density at radius 1 is 0.884 bits per heavy atom. The molecule has 2 aliphatic rings. The highest BCUT2D eigenvalue weighted by Gasteiger charge is 2.50. The number of hydrogen-bond donors (Lipinski definition) is 1. The minimum Gasteiger partial charge on any atom is -0.378 e. The summed E-state index contributed by atoms with van der Waals surface area (Å²) < 4.78 is 129. The van der Waals surface area contributed by atoms with E-state index in [1.54, 1.807) is 6.07 Å². The molecule has 0 atom stereocenters. The topological polar surface area (TPSA) is 106 Å². The summed E-state index contributed by atoms with van der Waals surface area (Å²) in [7, 11) is -8.66. The Morgan fingerprint density at radius 2 is 1.51 bits per heavy atom. The molecule has 2 fully saturated rings. The Hall–Kier alpha value is -3.14. The highest BCUT2D eigenvalue weighted by Crippen LogP contribution is 2.48. The van der Waals surface area contributed by atoms with E-state index in [-0.39, 0.29) is 30.6 Å². The van der Waals surface area contributed by atoms with Crippen LogP contribution in [-0.2, 0) is 35.5 Å². The lowest BCUT2D eigenvalue weighted by atomic mass is 9.80. The van der Waals surface area contributed by atoms with Gasteiger partial charge in [-0.25, -0.2) is 35.3 Å². The number of nitrogens with one attached hydrogen (secondary N) is 1. The van der Waals surface area contributed by atoms with Crippen LogP contribution in [0.2, 0.25) is 0 Å². The Morgan fingerprint density at radius 3 is 2.09 bits per heavy atom. The van der Waals surface area contributed by atoms with Gasteiger partial charge in [0.2, 0.25) is 10.0 Å². The van der Waals surface area contributed by atoms with Crippen molar-refractivity contribution in [2.45, 2.75) is 52.4 Å². The Kier molecular flexibility index (Phi) is 8.55. The van der Waals surface area contributed by atoms with Gasteiger partial charge in [0.1, 0.15) is 27.1 Å². The van der Waals surface area contributed by atoms with Gasteiger partial charge in [-0.1, -0.05) is 0 Å². The third-order valence-electron chi connectivity index (χ3n) is 7.91. The first-order valence-corrected chi connectivity index (χ1v) is 16.4. The maximum absolute atomic E-state index is 15.1. The molecule has 1 aliphatic heterocycles. The highest BCUT2D eigenvalue weighted by molar-refractivity contribution is 7.92. The molecule has 2 heterocycles. The average Bonchev–Trinajstić information content (AvgIpc) is 2.99. The quantitative estimate of drug-likeness (QED) is 0.368. The van der Waals surface area contributed by atoms with E-state index in [1.165, 1.54) is 12.3 Å². The van der Waals surface area contributed by atoms with Crippen LogP contribution in [0, 0.1) is 11.6 Å². The van der Waals surface area contributed by atoms with Gasteiger partial charge in [0.25, 0.3) is 0 Å². The molecule has 0 spiro atoms. The molecule has 1 saturated carbocycles. The van der Waals surface area contributed by atoms with E-state index in [2.05, 4.69) is 9.71 Å². The second kappa shape index (κ2) is 11.7. The molecule has 1 saturated heterocycles. The van der Waals surface area contributed by atoms with Crippen molar-refractivity contribution in [2.24, 2.45) is 0 Å². The van der Waals surface area contributed by atoms with Crippen LogP contribution < -0.4 is 9.62 Å². The molecule has 43 heavy (non-hydrogen) atoms. The number of alkyl halides is 3. The number of morpholine rings is 1. The van der Waals surface area contributed by atoms with E-state index in [4.69, 9.17) is 4.74 Å². The zero-order chi connectivity index (χ0) is 31.0. The number of ether oxygens (including phenoxy) is 1. The lowest BCUT2D eigenvalue weighted by molar-refractivity contribution is -0.137. The fourth-order valence-corrected chi connectivity index (χ4v) is 8.99. The van der Waals surface area contributed by atoms with Crippen LogP contribution in [-0.4, -0.2) is 54.2 Å². The third-order valence-corrected chi connectivity index (χ3v) is 12.0. The predicted molar refractivity (Wildman–Crippen MR) is 147 cm³/mol. The molecule has 1 aliphatic carbocycles. The van der Waals surface area contributed by atoms with Crippen molar-refractivity contribution in [1.29, 1.82) is 0 Å². The number of benzene rings is 2. The Balaban J connectivity index is 1.40. The number of aromatic nitrogens is 1. The van der Waals surface area contributed by atoms with Gasteiger partial charge >= 0.3 is 6.18 Å². The van der Waals surface area contributed by atoms with E-state index in [0.29, 0.717) is 44.3 Å². The molecule has 0 unspecified atom stereocenters. The Labute approximate surface area is 245 Å². The number of sulfone groups is 1. The number of rotatable bonds is 7. The fraction of sp³-hybridized carbons (Fsp3) is 0.393. The van der Waals surface area contributed by atoms with Crippen molar-refractivity contribution >= 4 is 25.7 Å². The largest absolute Gasteiger partial charge is 0.416 e. The first kappa shape index (κ1) is 31.3. The molecule has 15 heteroatoms. The smallest absolute Gasteiger partial charge is 0.378 e. The summed E-state index contributed by atoms with van der Waals surface area (Å²) in [5, 5.41) is 0. The van der Waals surface area contributed by atoms with E-state index >= 15 is 4.39 Å². The van der Waals surface area contributed by atoms with Gasteiger partial charge < -0.3 is 9.64 Å². The van der Waals surface area contributed by atoms with Crippen LogP contribution in [0.4, 0.5) is 27.8 Å². The van der Waals surface area contributed by atoms with Crippen LogP contribution in [0.15, 0.2) is 70.6 Å². The molecular formula is C28H28F5N3O5S2. The molecule has 0 amide bonds. The SMILES string of the molecule is O=S(=O)(N[C@H]1CC[C@@](c2cc(F)ccc2F)(S(=O)(=O)c2ccc(C(F)(F)F)cc2)CC1)c1ccc(N2CCOCC2)nc1. The monoisotopic (exact) mass is 645 g/mol. The third kappa shape index (κ3) is 6.26. The van der Waals surface area contributed by atoms with Crippen molar-refractivity contribution in [2.75, 3.05) is 31.2 Å². The summed E-state index contributed by atoms with van der Waals surface area (Å²) in [6, 6.07) is 7.42. The summed E-state index contributed by atoms with van der Waals surface area (Å²) in [5.41, 5.74) is -1.53. The fourth-order valence-electron chi connectivity index (χ4n) is 5.58. The summed E-state index contributed by atoms with van der Waals surface area (Å²) in [4.78, 5) is 5.62. The number of sulfonamides is 1. The van der Waals surface area contributed by atoms with Crippen molar-refractivity contribution in [3.63, 3.8) is 0 Å². The van der Waals surface area contributed by atoms with Gasteiger partial charge in [-0.3, -0.25) is 0 Å². The second-order valence-electron chi connectivity index (χ2n) is 10.5. The van der Waals surface area contributed by atoms with Crippen LogP contribution in [0.5, 0.6) is 0 Å². The van der Waals surface area contributed by atoms with E-state index < -0.39 is 64.5 Å². The molecule has 8 nitrogen and oxygen atoms in total. The highest BCUT2D eigenvalue weighted by atomic mass is 32.2. The summed E-state index contributed by atoms with van der Waals surface area (Å²) >= 11 is 0. The van der Waals surface area contributed by atoms with Crippen LogP contribution in [0.25, 0.3) is 0 Å². The van der Waals surface area contributed by atoms with Crippen molar-refractivity contribution < 1.29 is 43.5 Å². The Bertz CT molecular complexity index is 1670. The minimum atomic E-state index is -4.71. The van der Waals surface area contributed by atoms with Crippen molar-refractivity contribution in [1.82, 2.24) is 9.71 Å². The van der Waals surface area contributed by atoms with E-state index in [9.17, 15) is 34.4 Å². The maximum Gasteiger partial charge on any atom is 0.416 e. The number of nitrogens with zero attached hydrogens (tertiary/aromatic N) is 2. The van der Waals surface area contributed by atoms with Gasteiger partial charge in [-0.2, -0.15) is 13.2 Å². The molecule has 3 aromatic rings. The van der Waals surface area contributed by atoms with Gasteiger partial charge in [-0.05, 0) is 80.3 Å². The first-order valence-electron chi connectivity index (χ1n) is 13.4. The van der Waals surface area contributed by atoms with E-state index in [0.717, 1.165) is 30.3 Å². The van der Waals surface area contributed by atoms with Gasteiger partial charge in [0.05, 0.1) is 23.7 Å². The zero-order valence-electron chi connectivity index (χ0n) is 22.6. The lowest BCUT2D eigenvalue weighted by Crippen LogP contribution is -2.46. The molecule has 232 valence electrons. The maximum atomic E-state index is 15.1. The standard InChI is InChI=1S/C28H28F5N3O5S2/c29-20-3-7-25(30)24(17-20)27(42(37,38)22-4-1-19(2-5-22)28(31,32)33)11-9-21(10-12-27)35-43(39,40)23-6-8-26(34-18-23)36-13-15-41-16-14-36/h1-8,17-18,21,35H,9-16H2/t21-,27+. The number of hydrogen-bond acceptors (Lipinski definition) is 7. The molecule has 2 aromatic carbocycles. The summed E-state index contributed by atoms with van der Waals surface area (Å²) in [5.74, 6) is -1.30.